The van der Waals surface area contributed by atoms with Gasteiger partial charge in [0.15, 0.2) is 0 Å². The Morgan fingerprint density at radius 2 is 1.81 bits per heavy atom. The van der Waals surface area contributed by atoms with Crippen molar-refractivity contribution in [3.63, 3.8) is 0 Å². The smallest absolute Gasteiger partial charge is 0.0175 e. The number of rotatable bonds is 6. The Hall–Kier alpha value is -0.340. The van der Waals surface area contributed by atoms with E-state index < -0.39 is 0 Å². The second-order valence-corrected chi connectivity index (χ2v) is 5.66. The summed E-state index contributed by atoms with van der Waals surface area (Å²) < 4.78 is 1.15. The number of hydrogen-bond acceptors (Lipinski definition) is 1. The van der Waals surface area contributed by atoms with Crippen LogP contribution in [0.2, 0.25) is 0 Å². The molecule has 90 valence electrons. The highest BCUT2D eigenvalue weighted by Crippen LogP contribution is 2.26. The van der Waals surface area contributed by atoms with Crippen LogP contribution in [-0.2, 0) is 6.42 Å². The first-order valence-corrected chi connectivity index (χ1v) is 6.84. The Morgan fingerprint density at radius 3 is 2.31 bits per heavy atom. The lowest BCUT2D eigenvalue weighted by Crippen LogP contribution is -2.33. The van der Waals surface area contributed by atoms with Crippen molar-refractivity contribution in [3.05, 3.63) is 34.3 Å². The zero-order chi connectivity index (χ0) is 12.0. The first-order chi connectivity index (χ1) is 7.59. The molecule has 0 radical (unpaired) electrons. The van der Waals surface area contributed by atoms with Gasteiger partial charge in [-0.15, -0.1) is 0 Å². The van der Waals surface area contributed by atoms with E-state index in [2.05, 4.69) is 66.3 Å². The van der Waals surface area contributed by atoms with Gasteiger partial charge in [0.25, 0.3) is 0 Å². The largest absolute Gasteiger partial charge is 0.316 e. The van der Waals surface area contributed by atoms with E-state index in [1.165, 1.54) is 12.0 Å². The van der Waals surface area contributed by atoms with E-state index in [4.69, 9.17) is 0 Å². The maximum absolute atomic E-state index is 3.47. The van der Waals surface area contributed by atoms with Gasteiger partial charge in [0.2, 0.25) is 0 Å². The molecule has 0 aromatic heterocycles. The summed E-state index contributed by atoms with van der Waals surface area (Å²) in [6, 6.07) is 8.67. The summed E-state index contributed by atoms with van der Waals surface area (Å²) in [7, 11) is 0. The van der Waals surface area contributed by atoms with Gasteiger partial charge in [-0.3, -0.25) is 0 Å². The van der Waals surface area contributed by atoms with Crippen LogP contribution in [0.3, 0.4) is 0 Å². The van der Waals surface area contributed by atoms with E-state index in [9.17, 15) is 0 Å². The first kappa shape index (κ1) is 13.7. The highest BCUT2D eigenvalue weighted by Gasteiger charge is 2.21. The second kappa shape index (κ2) is 6.41. The molecule has 1 N–H and O–H groups in total. The lowest BCUT2D eigenvalue weighted by atomic mass is 9.81. The Labute approximate surface area is 108 Å². The third kappa shape index (κ3) is 4.26. The van der Waals surface area contributed by atoms with Gasteiger partial charge < -0.3 is 5.32 Å². The van der Waals surface area contributed by atoms with Crippen molar-refractivity contribution >= 4 is 15.9 Å². The van der Waals surface area contributed by atoms with Gasteiger partial charge >= 0.3 is 0 Å². The fraction of sp³-hybridized carbons (Fsp3) is 0.571. The van der Waals surface area contributed by atoms with E-state index >= 15 is 0 Å². The summed E-state index contributed by atoms with van der Waals surface area (Å²) in [6.45, 7) is 8.94. The van der Waals surface area contributed by atoms with E-state index in [0.717, 1.165) is 24.0 Å². The molecular weight excluding hydrogens is 262 g/mol. The van der Waals surface area contributed by atoms with Crippen LogP contribution in [0.25, 0.3) is 0 Å². The third-order valence-electron chi connectivity index (χ3n) is 3.20. The molecule has 0 saturated carbocycles. The Morgan fingerprint density at radius 1 is 1.19 bits per heavy atom. The Balaban J connectivity index is 2.64. The van der Waals surface area contributed by atoms with Crippen LogP contribution < -0.4 is 5.32 Å². The van der Waals surface area contributed by atoms with Gasteiger partial charge in [-0.2, -0.15) is 0 Å². The molecular formula is C14H22BrN. The minimum Gasteiger partial charge on any atom is -0.316 e. The molecule has 0 saturated heterocycles. The highest BCUT2D eigenvalue weighted by atomic mass is 79.9. The summed E-state index contributed by atoms with van der Waals surface area (Å²) in [5, 5.41) is 3.46. The topological polar surface area (TPSA) is 12.0 Å². The average Bonchev–Trinajstić information content (AvgIpc) is 2.30. The van der Waals surface area contributed by atoms with Crippen LogP contribution in [0.15, 0.2) is 28.7 Å². The SMILES string of the molecule is CCNCC(C)(CC)Cc1ccc(Br)cc1. The number of halogens is 1. The zero-order valence-electron chi connectivity index (χ0n) is 10.5. The molecule has 2 heteroatoms. The van der Waals surface area contributed by atoms with Crippen molar-refractivity contribution < 1.29 is 0 Å². The van der Waals surface area contributed by atoms with Crippen LogP contribution in [0.5, 0.6) is 0 Å². The molecule has 0 fully saturated rings. The minimum atomic E-state index is 0.365. The van der Waals surface area contributed by atoms with Crippen molar-refractivity contribution in [1.82, 2.24) is 5.32 Å². The molecule has 1 atom stereocenters. The van der Waals surface area contributed by atoms with E-state index in [1.807, 2.05) is 0 Å². The number of hydrogen-bond donors (Lipinski definition) is 1. The lowest BCUT2D eigenvalue weighted by molar-refractivity contribution is 0.293. The molecule has 0 amide bonds. The third-order valence-corrected chi connectivity index (χ3v) is 3.73. The van der Waals surface area contributed by atoms with E-state index in [-0.39, 0.29) is 0 Å². The number of nitrogens with one attached hydrogen (secondary N) is 1. The summed E-state index contributed by atoms with van der Waals surface area (Å²) in [4.78, 5) is 0. The van der Waals surface area contributed by atoms with Crippen LogP contribution in [-0.4, -0.2) is 13.1 Å². The van der Waals surface area contributed by atoms with Crippen LogP contribution >= 0.6 is 15.9 Å². The molecule has 0 bridgehead atoms. The van der Waals surface area contributed by atoms with Crippen molar-refractivity contribution in [2.75, 3.05) is 13.1 Å². The van der Waals surface area contributed by atoms with Crippen molar-refractivity contribution in [2.45, 2.75) is 33.6 Å². The average molecular weight is 284 g/mol. The molecule has 1 rings (SSSR count). The number of benzene rings is 1. The monoisotopic (exact) mass is 283 g/mol. The van der Waals surface area contributed by atoms with Gasteiger partial charge in [0.05, 0.1) is 0 Å². The molecule has 1 nitrogen and oxygen atoms in total. The van der Waals surface area contributed by atoms with Gasteiger partial charge in [-0.25, -0.2) is 0 Å². The molecule has 0 aliphatic carbocycles. The summed E-state index contributed by atoms with van der Waals surface area (Å²) in [6.07, 6.45) is 2.35. The minimum absolute atomic E-state index is 0.365. The van der Waals surface area contributed by atoms with E-state index in [0.29, 0.717) is 5.41 Å². The molecule has 0 spiro atoms. The van der Waals surface area contributed by atoms with Gasteiger partial charge in [0, 0.05) is 11.0 Å². The molecule has 0 aliphatic rings. The second-order valence-electron chi connectivity index (χ2n) is 4.75. The van der Waals surface area contributed by atoms with Crippen molar-refractivity contribution in [3.8, 4) is 0 Å². The molecule has 1 aromatic carbocycles. The fourth-order valence-electron chi connectivity index (χ4n) is 1.83. The zero-order valence-corrected chi connectivity index (χ0v) is 12.1. The molecule has 1 aromatic rings. The maximum Gasteiger partial charge on any atom is 0.0175 e. The lowest BCUT2D eigenvalue weighted by Gasteiger charge is -2.28. The first-order valence-electron chi connectivity index (χ1n) is 6.05. The van der Waals surface area contributed by atoms with Crippen LogP contribution in [0.4, 0.5) is 0 Å². The van der Waals surface area contributed by atoms with Gasteiger partial charge in [-0.05, 0) is 42.5 Å². The maximum atomic E-state index is 3.47. The van der Waals surface area contributed by atoms with Gasteiger partial charge in [0.1, 0.15) is 0 Å². The Kier molecular flexibility index (Phi) is 5.50. The summed E-state index contributed by atoms with van der Waals surface area (Å²) in [5.74, 6) is 0. The predicted octanol–water partition coefficient (Wildman–Crippen LogP) is 4.02. The fourth-order valence-corrected chi connectivity index (χ4v) is 2.10. The quantitative estimate of drug-likeness (QED) is 0.832. The Bertz CT molecular complexity index is 307. The predicted molar refractivity (Wildman–Crippen MR) is 74.8 cm³/mol. The molecule has 16 heavy (non-hydrogen) atoms. The standard InChI is InChI=1S/C14H22BrN/c1-4-14(3,11-16-5-2)10-12-6-8-13(15)9-7-12/h6-9,16H,4-5,10-11H2,1-3H3. The highest BCUT2D eigenvalue weighted by molar-refractivity contribution is 9.10. The molecule has 0 heterocycles. The van der Waals surface area contributed by atoms with Crippen LogP contribution in [0, 0.1) is 5.41 Å². The molecule has 0 aliphatic heterocycles. The summed E-state index contributed by atoms with van der Waals surface area (Å²) in [5.41, 5.74) is 1.79. The van der Waals surface area contributed by atoms with Crippen molar-refractivity contribution in [2.24, 2.45) is 5.41 Å². The van der Waals surface area contributed by atoms with Crippen LogP contribution in [0.1, 0.15) is 32.8 Å². The molecule has 1 unspecified atom stereocenters. The normalized spacial score (nSPS) is 14.8. The van der Waals surface area contributed by atoms with Crippen molar-refractivity contribution in [1.29, 1.82) is 0 Å². The van der Waals surface area contributed by atoms with Gasteiger partial charge in [-0.1, -0.05) is 48.8 Å². The van der Waals surface area contributed by atoms with E-state index in [1.54, 1.807) is 0 Å². The summed E-state index contributed by atoms with van der Waals surface area (Å²) >= 11 is 3.47.